The lowest BCUT2D eigenvalue weighted by Gasteiger charge is -2.17. The molecule has 2 aromatic carbocycles. The van der Waals surface area contributed by atoms with Crippen molar-refractivity contribution in [1.29, 1.82) is 0 Å². The molecule has 1 unspecified atom stereocenters. The second kappa shape index (κ2) is 7.42. The third kappa shape index (κ3) is 3.42. The van der Waals surface area contributed by atoms with Gasteiger partial charge in [0.2, 0.25) is 0 Å². The van der Waals surface area contributed by atoms with E-state index in [1.54, 1.807) is 0 Å². The third-order valence-electron chi connectivity index (χ3n) is 5.25. The fraction of sp³-hybridized carbons (Fsp3) is 0.364. The van der Waals surface area contributed by atoms with Gasteiger partial charge in [-0.25, -0.2) is 9.97 Å². The molecule has 2 heterocycles. The van der Waals surface area contributed by atoms with Gasteiger partial charge in [0, 0.05) is 36.0 Å². The van der Waals surface area contributed by atoms with Gasteiger partial charge in [-0.1, -0.05) is 37.3 Å². The molecule has 0 N–H and O–H groups in total. The van der Waals surface area contributed by atoms with Gasteiger partial charge in [0.25, 0.3) is 0 Å². The minimum atomic E-state index is 0.600. The monoisotopic (exact) mass is 347 g/mol. The van der Waals surface area contributed by atoms with E-state index in [9.17, 15) is 0 Å². The van der Waals surface area contributed by atoms with Crippen LogP contribution in [0, 0.1) is 12.8 Å². The highest BCUT2D eigenvalue weighted by Gasteiger charge is 2.22. The summed E-state index contributed by atoms with van der Waals surface area (Å²) in [7, 11) is 0. The van der Waals surface area contributed by atoms with E-state index in [1.165, 1.54) is 23.7 Å². The van der Waals surface area contributed by atoms with Crippen molar-refractivity contribution < 1.29 is 4.74 Å². The van der Waals surface area contributed by atoms with Crippen LogP contribution in [0.3, 0.4) is 0 Å². The van der Waals surface area contributed by atoms with E-state index < -0.39 is 0 Å². The van der Waals surface area contributed by atoms with Crippen LogP contribution in [0.5, 0.6) is 5.75 Å². The second-order valence-electron chi connectivity index (χ2n) is 7.04. The molecular weight excluding hydrogens is 322 g/mol. The number of fused-ring (bicyclic) bond motifs is 1. The first-order valence-corrected chi connectivity index (χ1v) is 9.40. The van der Waals surface area contributed by atoms with E-state index in [4.69, 9.17) is 4.74 Å². The van der Waals surface area contributed by atoms with Gasteiger partial charge in [0.05, 0.1) is 6.61 Å². The summed E-state index contributed by atoms with van der Waals surface area (Å²) in [5.74, 6) is 2.30. The fourth-order valence-electron chi connectivity index (χ4n) is 3.74. The van der Waals surface area contributed by atoms with Crippen molar-refractivity contribution in [3.63, 3.8) is 0 Å². The first kappa shape index (κ1) is 17.0. The normalized spacial score (nSPS) is 17.7. The number of benzene rings is 2. The SMILES string of the molecule is CCN1CCC(COc2ccc3ccccc3c2-c2cnc(C)nc2)C1. The molecule has 1 aromatic heterocycles. The molecule has 0 bridgehead atoms. The van der Waals surface area contributed by atoms with Crippen molar-refractivity contribution in [2.75, 3.05) is 26.2 Å². The molecule has 1 aliphatic rings. The Balaban J connectivity index is 1.67. The molecule has 1 atom stereocenters. The Hall–Kier alpha value is -2.46. The lowest BCUT2D eigenvalue weighted by molar-refractivity contribution is 0.244. The summed E-state index contributed by atoms with van der Waals surface area (Å²) < 4.78 is 6.32. The summed E-state index contributed by atoms with van der Waals surface area (Å²) in [6, 6.07) is 12.6. The Labute approximate surface area is 154 Å². The number of aryl methyl sites for hydroxylation is 1. The molecule has 1 aliphatic heterocycles. The number of hydrogen-bond acceptors (Lipinski definition) is 4. The largest absolute Gasteiger partial charge is 0.493 e. The third-order valence-corrected chi connectivity index (χ3v) is 5.25. The van der Waals surface area contributed by atoms with Gasteiger partial charge in [0.1, 0.15) is 11.6 Å². The zero-order valence-electron chi connectivity index (χ0n) is 15.5. The average Bonchev–Trinajstić information content (AvgIpc) is 3.15. The van der Waals surface area contributed by atoms with Crippen molar-refractivity contribution in [3.05, 3.63) is 54.6 Å². The molecule has 0 aliphatic carbocycles. The highest BCUT2D eigenvalue weighted by atomic mass is 16.5. The minimum Gasteiger partial charge on any atom is -0.493 e. The van der Waals surface area contributed by atoms with Gasteiger partial charge < -0.3 is 9.64 Å². The van der Waals surface area contributed by atoms with Crippen LogP contribution in [0.25, 0.3) is 21.9 Å². The molecule has 26 heavy (non-hydrogen) atoms. The first-order valence-electron chi connectivity index (χ1n) is 9.40. The smallest absolute Gasteiger partial charge is 0.127 e. The molecule has 4 nitrogen and oxygen atoms in total. The van der Waals surface area contributed by atoms with Crippen LogP contribution in [0.1, 0.15) is 19.2 Å². The summed E-state index contributed by atoms with van der Waals surface area (Å²) in [4.78, 5) is 11.3. The topological polar surface area (TPSA) is 38.2 Å². The van der Waals surface area contributed by atoms with Crippen LogP contribution >= 0.6 is 0 Å². The molecule has 0 amide bonds. The first-order chi connectivity index (χ1) is 12.7. The molecule has 0 radical (unpaired) electrons. The van der Waals surface area contributed by atoms with Gasteiger partial charge in [-0.05, 0) is 43.3 Å². The Morgan fingerprint density at radius 3 is 2.69 bits per heavy atom. The predicted octanol–water partition coefficient (Wildman–Crippen LogP) is 4.33. The summed E-state index contributed by atoms with van der Waals surface area (Å²) >= 11 is 0. The maximum absolute atomic E-state index is 6.32. The fourth-order valence-corrected chi connectivity index (χ4v) is 3.74. The maximum atomic E-state index is 6.32. The van der Waals surface area contributed by atoms with Crippen LogP contribution < -0.4 is 4.74 Å². The number of aromatic nitrogens is 2. The molecule has 1 saturated heterocycles. The molecule has 1 fully saturated rings. The molecule has 4 heteroatoms. The minimum absolute atomic E-state index is 0.600. The number of nitrogens with zero attached hydrogens (tertiary/aromatic N) is 3. The zero-order valence-corrected chi connectivity index (χ0v) is 15.5. The Morgan fingerprint density at radius 2 is 1.92 bits per heavy atom. The summed E-state index contributed by atoms with van der Waals surface area (Å²) in [6.07, 6.45) is 5.00. The van der Waals surface area contributed by atoms with E-state index in [-0.39, 0.29) is 0 Å². The number of ether oxygens (including phenoxy) is 1. The number of rotatable bonds is 5. The molecule has 0 saturated carbocycles. The standard InChI is InChI=1S/C22H25N3O/c1-3-25-11-10-17(14-25)15-26-21-9-8-18-6-4-5-7-20(18)22(21)19-12-23-16(2)24-13-19/h4-9,12-13,17H,3,10-11,14-15H2,1-2H3. The van der Waals surface area contributed by atoms with Crippen molar-refractivity contribution in [1.82, 2.24) is 14.9 Å². The van der Waals surface area contributed by atoms with Gasteiger partial charge in [-0.2, -0.15) is 0 Å². The molecule has 0 spiro atoms. The van der Waals surface area contributed by atoms with E-state index in [0.717, 1.165) is 42.4 Å². The number of hydrogen-bond donors (Lipinski definition) is 0. The Kier molecular flexibility index (Phi) is 4.85. The van der Waals surface area contributed by atoms with Crippen LogP contribution in [0.4, 0.5) is 0 Å². The summed E-state index contributed by atoms with van der Waals surface area (Å²) in [5, 5.41) is 2.38. The van der Waals surface area contributed by atoms with Gasteiger partial charge in [-0.15, -0.1) is 0 Å². The van der Waals surface area contributed by atoms with Gasteiger partial charge >= 0.3 is 0 Å². The second-order valence-corrected chi connectivity index (χ2v) is 7.04. The number of likely N-dealkylation sites (tertiary alicyclic amines) is 1. The molecule has 4 rings (SSSR count). The molecule has 134 valence electrons. The van der Waals surface area contributed by atoms with Crippen molar-refractivity contribution in [2.24, 2.45) is 5.92 Å². The lowest BCUT2D eigenvalue weighted by Crippen LogP contribution is -2.21. The maximum Gasteiger partial charge on any atom is 0.127 e. The highest BCUT2D eigenvalue weighted by Crippen LogP contribution is 2.37. The van der Waals surface area contributed by atoms with Gasteiger partial charge in [0.15, 0.2) is 0 Å². The van der Waals surface area contributed by atoms with Crippen LogP contribution in [-0.2, 0) is 0 Å². The van der Waals surface area contributed by atoms with E-state index in [2.05, 4.69) is 58.2 Å². The Morgan fingerprint density at radius 1 is 1.12 bits per heavy atom. The lowest BCUT2D eigenvalue weighted by atomic mass is 9.99. The quantitative estimate of drug-likeness (QED) is 0.689. The highest BCUT2D eigenvalue weighted by molar-refractivity contribution is 5.99. The summed E-state index contributed by atoms with van der Waals surface area (Å²) in [6.45, 7) is 8.33. The van der Waals surface area contributed by atoms with Gasteiger partial charge in [-0.3, -0.25) is 0 Å². The van der Waals surface area contributed by atoms with Crippen LogP contribution in [0.15, 0.2) is 48.8 Å². The van der Waals surface area contributed by atoms with Crippen LogP contribution in [0.2, 0.25) is 0 Å². The predicted molar refractivity (Wildman–Crippen MR) is 105 cm³/mol. The van der Waals surface area contributed by atoms with Crippen molar-refractivity contribution in [3.8, 4) is 16.9 Å². The van der Waals surface area contributed by atoms with E-state index >= 15 is 0 Å². The van der Waals surface area contributed by atoms with Crippen molar-refractivity contribution >= 4 is 10.8 Å². The van der Waals surface area contributed by atoms with E-state index in [0.29, 0.717) is 5.92 Å². The molecule has 3 aromatic rings. The van der Waals surface area contributed by atoms with Crippen molar-refractivity contribution in [2.45, 2.75) is 20.3 Å². The zero-order chi connectivity index (χ0) is 17.9. The van der Waals surface area contributed by atoms with Crippen LogP contribution in [-0.4, -0.2) is 41.1 Å². The molecular formula is C22H25N3O. The van der Waals surface area contributed by atoms with E-state index in [1.807, 2.05) is 19.3 Å². The average molecular weight is 347 g/mol. The summed E-state index contributed by atoms with van der Waals surface area (Å²) in [5.41, 5.74) is 2.09. The Bertz CT molecular complexity index is 892.